The topological polar surface area (TPSA) is 48.9 Å². The van der Waals surface area contributed by atoms with Gasteiger partial charge in [0.15, 0.2) is 5.96 Å². The molecule has 1 rings (SSSR count). The van der Waals surface area contributed by atoms with Crippen LogP contribution in [0.2, 0.25) is 0 Å². The van der Waals surface area contributed by atoms with Crippen molar-refractivity contribution in [2.75, 3.05) is 33.3 Å². The summed E-state index contributed by atoms with van der Waals surface area (Å²) in [6, 6.07) is 11.0. The maximum absolute atomic E-state index is 5.66. The maximum Gasteiger partial charge on any atom is 0.191 e. The van der Waals surface area contributed by atoms with Crippen LogP contribution in [0.3, 0.4) is 0 Å². The second kappa shape index (κ2) is 14.2. The van der Waals surface area contributed by atoms with Gasteiger partial charge in [0.05, 0.1) is 6.54 Å². The maximum atomic E-state index is 5.66. The molecule has 6 heteroatoms. The second-order valence-electron chi connectivity index (χ2n) is 6.37. The van der Waals surface area contributed by atoms with Gasteiger partial charge in [0.2, 0.25) is 0 Å². The highest BCUT2D eigenvalue weighted by Gasteiger charge is 2.12. The van der Waals surface area contributed by atoms with E-state index in [4.69, 9.17) is 4.74 Å². The van der Waals surface area contributed by atoms with Crippen LogP contribution in [0.5, 0.6) is 5.75 Å². The van der Waals surface area contributed by atoms with Crippen molar-refractivity contribution in [2.45, 2.75) is 46.2 Å². The zero-order chi connectivity index (χ0) is 17.8. The van der Waals surface area contributed by atoms with Gasteiger partial charge in [0.1, 0.15) is 12.4 Å². The van der Waals surface area contributed by atoms with Crippen LogP contribution in [0.4, 0.5) is 0 Å². The van der Waals surface area contributed by atoms with Gasteiger partial charge in [-0.3, -0.25) is 9.89 Å². The Morgan fingerprint density at radius 1 is 1.04 bits per heavy atom. The third-order valence-electron chi connectivity index (χ3n) is 3.84. The van der Waals surface area contributed by atoms with Crippen LogP contribution in [0.15, 0.2) is 35.3 Å². The van der Waals surface area contributed by atoms with E-state index in [-0.39, 0.29) is 24.0 Å². The summed E-state index contributed by atoms with van der Waals surface area (Å²) in [7, 11) is 1.79. The first-order chi connectivity index (χ1) is 11.5. The molecular weight excluding hydrogens is 427 g/mol. The van der Waals surface area contributed by atoms with E-state index in [9.17, 15) is 0 Å². The molecule has 0 unspecified atom stereocenters. The van der Waals surface area contributed by atoms with Gasteiger partial charge < -0.3 is 15.4 Å². The molecule has 25 heavy (non-hydrogen) atoms. The van der Waals surface area contributed by atoms with Gasteiger partial charge in [-0.15, -0.1) is 24.0 Å². The summed E-state index contributed by atoms with van der Waals surface area (Å²) in [5, 5.41) is 6.63. The number of ether oxygens (including phenoxy) is 1. The van der Waals surface area contributed by atoms with E-state index in [1.165, 1.54) is 0 Å². The molecule has 0 heterocycles. The zero-order valence-corrected chi connectivity index (χ0v) is 18.6. The molecule has 0 fully saturated rings. The zero-order valence-electron chi connectivity index (χ0n) is 16.3. The number of guanidine groups is 1. The number of hydrogen-bond acceptors (Lipinski definition) is 3. The first-order valence-corrected chi connectivity index (χ1v) is 8.92. The highest BCUT2D eigenvalue weighted by Crippen LogP contribution is 2.07. The average molecular weight is 462 g/mol. The summed E-state index contributed by atoms with van der Waals surface area (Å²) in [5.74, 6) is 1.72. The molecule has 5 nitrogen and oxygen atoms in total. The number of benzene rings is 1. The fourth-order valence-electron chi connectivity index (χ4n) is 2.66. The Hall–Kier alpha value is -1.02. The van der Waals surface area contributed by atoms with E-state index in [1.54, 1.807) is 7.05 Å². The lowest BCUT2D eigenvalue weighted by molar-refractivity contribution is 0.173. The third-order valence-corrected chi connectivity index (χ3v) is 3.84. The largest absolute Gasteiger partial charge is 0.492 e. The van der Waals surface area contributed by atoms with Gasteiger partial charge >= 0.3 is 0 Å². The third kappa shape index (κ3) is 10.5. The van der Waals surface area contributed by atoms with Crippen molar-refractivity contribution in [3.8, 4) is 5.75 Å². The second-order valence-corrected chi connectivity index (χ2v) is 6.37. The average Bonchev–Trinajstić information content (AvgIpc) is 2.56. The van der Waals surface area contributed by atoms with Crippen molar-refractivity contribution >= 4 is 29.9 Å². The number of para-hydroxylation sites is 1. The van der Waals surface area contributed by atoms with E-state index < -0.39 is 0 Å². The Morgan fingerprint density at radius 3 is 2.20 bits per heavy atom. The Labute approximate surface area is 170 Å². The predicted octanol–water partition coefficient (Wildman–Crippen LogP) is 3.36. The van der Waals surface area contributed by atoms with Crippen LogP contribution in [0.25, 0.3) is 0 Å². The first-order valence-electron chi connectivity index (χ1n) is 8.92. The molecule has 0 bridgehead atoms. The summed E-state index contributed by atoms with van der Waals surface area (Å²) < 4.78 is 5.66. The number of nitrogens with zero attached hydrogens (tertiary/aromatic N) is 2. The van der Waals surface area contributed by atoms with Crippen LogP contribution in [0, 0.1) is 0 Å². The molecule has 2 N–H and O–H groups in total. The Kier molecular flexibility index (Phi) is 13.6. The molecule has 0 aromatic heterocycles. The Balaban J connectivity index is 0.00000576. The highest BCUT2D eigenvalue weighted by molar-refractivity contribution is 14.0. The number of aliphatic imine (C=N–C) groups is 1. The molecule has 0 spiro atoms. The van der Waals surface area contributed by atoms with Crippen LogP contribution in [-0.2, 0) is 0 Å². The first kappa shape index (κ1) is 24.0. The molecule has 0 radical (unpaired) electrons. The molecule has 0 saturated carbocycles. The summed E-state index contributed by atoms with van der Waals surface area (Å²) in [6.45, 7) is 12.3. The fourth-order valence-corrected chi connectivity index (χ4v) is 2.66. The van der Waals surface area contributed by atoms with E-state index in [0.29, 0.717) is 18.7 Å². The van der Waals surface area contributed by atoms with Crippen molar-refractivity contribution in [3.05, 3.63) is 30.3 Å². The van der Waals surface area contributed by atoms with Crippen LogP contribution in [0.1, 0.15) is 34.1 Å². The van der Waals surface area contributed by atoms with E-state index in [0.717, 1.165) is 37.8 Å². The number of nitrogens with one attached hydrogen (secondary N) is 2. The van der Waals surface area contributed by atoms with Gasteiger partial charge in [-0.25, -0.2) is 0 Å². The van der Waals surface area contributed by atoms with Gasteiger partial charge in [-0.1, -0.05) is 18.2 Å². The van der Waals surface area contributed by atoms with Gasteiger partial charge in [0, 0.05) is 32.2 Å². The molecule has 0 aliphatic heterocycles. The lowest BCUT2D eigenvalue weighted by atomic mass is 10.2. The van der Waals surface area contributed by atoms with E-state index in [1.807, 2.05) is 30.3 Å². The molecule has 0 aliphatic carbocycles. The van der Waals surface area contributed by atoms with Gasteiger partial charge in [0.25, 0.3) is 0 Å². The molecule has 144 valence electrons. The van der Waals surface area contributed by atoms with E-state index in [2.05, 4.69) is 48.2 Å². The number of halogens is 1. The van der Waals surface area contributed by atoms with Crippen molar-refractivity contribution < 1.29 is 4.74 Å². The summed E-state index contributed by atoms with van der Waals surface area (Å²) >= 11 is 0. The minimum absolute atomic E-state index is 0. The Bertz CT molecular complexity index is 458. The highest BCUT2D eigenvalue weighted by atomic mass is 127. The molecule has 0 atom stereocenters. The predicted molar refractivity (Wildman–Crippen MR) is 118 cm³/mol. The van der Waals surface area contributed by atoms with Crippen LogP contribution >= 0.6 is 24.0 Å². The van der Waals surface area contributed by atoms with Crippen LogP contribution in [-0.4, -0.2) is 56.2 Å². The summed E-state index contributed by atoms with van der Waals surface area (Å²) in [4.78, 5) is 6.75. The normalized spacial score (nSPS) is 11.6. The van der Waals surface area contributed by atoms with Crippen molar-refractivity contribution in [3.63, 3.8) is 0 Å². The van der Waals surface area contributed by atoms with Crippen molar-refractivity contribution in [2.24, 2.45) is 4.99 Å². The minimum Gasteiger partial charge on any atom is -0.492 e. The lowest BCUT2D eigenvalue weighted by Gasteiger charge is -2.30. The molecule has 1 aromatic rings. The lowest BCUT2D eigenvalue weighted by Crippen LogP contribution is -2.42. The molecule has 1 aromatic carbocycles. The summed E-state index contributed by atoms with van der Waals surface area (Å²) in [6.07, 6.45) is 1.09. The molecule has 0 aliphatic rings. The standard InChI is InChI=1S/C19H34N4O.HI/c1-16(2)23(17(3)4)14-9-12-21-19(20-5)22-13-15-24-18-10-7-6-8-11-18;/h6-8,10-11,16-17H,9,12-15H2,1-5H3,(H2,20,21,22);1H. The van der Waals surface area contributed by atoms with E-state index >= 15 is 0 Å². The van der Waals surface area contributed by atoms with Crippen molar-refractivity contribution in [1.82, 2.24) is 15.5 Å². The quantitative estimate of drug-likeness (QED) is 0.242. The Morgan fingerprint density at radius 2 is 1.64 bits per heavy atom. The molecular formula is C19H35IN4O. The fraction of sp³-hybridized carbons (Fsp3) is 0.632. The molecule has 0 saturated heterocycles. The number of rotatable bonds is 10. The summed E-state index contributed by atoms with van der Waals surface area (Å²) in [5.41, 5.74) is 0. The van der Waals surface area contributed by atoms with Gasteiger partial charge in [-0.05, 0) is 46.2 Å². The SMILES string of the molecule is CN=C(NCCCN(C(C)C)C(C)C)NCCOc1ccccc1.I. The van der Waals surface area contributed by atoms with Crippen LogP contribution < -0.4 is 15.4 Å². The van der Waals surface area contributed by atoms with Gasteiger partial charge in [-0.2, -0.15) is 0 Å². The monoisotopic (exact) mass is 462 g/mol. The smallest absolute Gasteiger partial charge is 0.191 e. The van der Waals surface area contributed by atoms with Crippen molar-refractivity contribution in [1.29, 1.82) is 0 Å². The molecule has 0 amide bonds. The minimum atomic E-state index is 0. The number of hydrogen-bond donors (Lipinski definition) is 2.